The van der Waals surface area contributed by atoms with Crippen molar-refractivity contribution in [2.75, 3.05) is 13.2 Å². The zero-order valence-electron chi connectivity index (χ0n) is 16.1. The van der Waals surface area contributed by atoms with Crippen molar-refractivity contribution in [3.8, 4) is 0 Å². The van der Waals surface area contributed by atoms with E-state index in [0.29, 0.717) is 17.8 Å². The van der Waals surface area contributed by atoms with Crippen molar-refractivity contribution in [2.45, 2.75) is 52.4 Å². The fourth-order valence-electron chi connectivity index (χ4n) is 1.68. The topological polar surface area (TPSA) is 91.2 Å². The number of alkyl halides is 3. The van der Waals surface area contributed by atoms with Crippen LogP contribution in [0.1, 0.15) is 45.7 Å². The van der Waals surface area contributed by atoms with Crippen LogP contribution >= 0.6 is 0 Å². The Morgan fingerprint density at radius 1 is 1.26 bits per heavy atom. The first-order valence-electron chi connectivity index (χ1n) is 8.19. The third-order valence-electron chi connectivity index (χ3n) is 2.94. The summed E-state index contributed by atoms with van der Waals surface area (Å²) in [5, 5.41) is 24.0. The Morgan fingerprint density at radius 2 is 1.81 bits per heavy atom. The number of aliphatic hydroxyl groups is 1. The molecule has 0 aliphatic heterocycles. The van der Waals surface area contributed by atoms with E-state index in [9.17, 15) is 18.3 Å². The quantitative estimate of drug-likeness (QED) is 0.511. The molecule has 0 aliphatic rings. The van der Waals surface area contributed by atoms with Crippen LogP contribution in [-0.4, -0.2) is 46.7 Å². The highest BCUT2D eigenvalue weighted by Gasteiger charge is 2.30. The van der Waals surface area contributed by atoms with E-state index < -0.39 is 23.8 Å². The Balaban J connectivity index is 0.00000153. The van der Waals surface area contributed by atoms with Gasteiger partial charge in [-0.15, -0.1) is 0 Å². The summed E-state index contributed by atoms with van der Waals surface area (Å²) >= 11 is 0. The third kappa shape index (κ3) is 12.8. The van der Waals surface area contributed by atoms with Crippen LogP contribution < -0.4 is 5.32 Å². The minimum absolute atomic E-state index is 0.0423. The molecule has 1 atom stereocenters. The van der Waals surface area contributed by atoms with Gasteiger partial charge in [0.25, 0.3) is 5.97 Å². The van der Waals surface area contributed by atoms with E-state index in [2.05, 4.69) is 10.5 Å². The molecule has 0 fully saturated rings. The van der Waals surface area contributed by atoms with Crippen LogP contribution in [0.15, 0.2) is 29.4 Å². The summed E-state index contributed by atoms with van der Waals surface area (Å²) in [5.74, 6) is -0.833. The first-order valence-corrected chi connectivity index (χ1v) is 8.19. The van der Waals surface area contributed by atoms with Gasteiger partial charge in [0.15, 0.2) is 0 Å². The second-order valence-electron chi connectivity index (χ2n) is 6.85. The van der Waals surface area contributed by atoms with E-state index >= 15 is 0 Å². The number of carboxylic acid groups (broad SMARTS) is 1. The van der Waals surface area contributed by atoms with E-state index in [-0.39, 0.29) is 12.1 Å². The van der Waals surface area contributed by atoms with E-state index in [4.69, 9.17) is 14.7 Å². The lowest BCUT2D eigenvalue weighted by Crippen LogP contribution is -2.42. The van der Waals surface area contributed by atoms with Gasteiger partial charge >= 0.3 is 6.18 Å². The SMILES string of the molecule is C/C(=N/OCC(O)CNC(C)(C)C)c1cccc(C(F)(F)F)c1.CC(=O)O. The first kappa shape index (κ1) is 24.9. The highest BCUT2D eigenvalue weighted by atomic mass is 19.4. The summed E-state index contributed by atoms with van der Waals surface area (Å²) in [4.78, 5) is 14.0. The number of hydrogen-bond donors (Lipinski definition) is 3. The van der Waals surface area contributed by atoms with Gasteiger partial charge in [-0.1, -0.05) is 17.3 Å². The second-order valence-corrected chi connectivity index (χ2v) is 6.85. The average Bonchev–Trinajstić information content (AvgIpc) is 2.51. The molecule has 1 aromatic carbocycles. The van der Waals surface area contributed by atoms with Gasteiger partial charge in [-0.25, -0.2) is 0 Å². The molecular formula is C18H27F3N2O4. The molecule has 0 saturated heterocycles. The van der Waals surface area contributed by atoms with Crippen LogP contribution in [-0.2, 0) is 15.8 Å². The van der Waals surface area contributed by atoms with Gasteiger partial charge in [-0.05, 0) is 45.4 Å². The number of benzene rings is 1. The third-order valence-corrected chi connectivity index (χ3v) is 2.94. The summed E-state index contributed by atoms with van der Waals surface area (Å²) in [6.45, 7) is 8.83. The van der Waals surface area contributed by atoms with Crippen molar-refractivity contribution in [1.82, 2.24) is 5.32 Å². The maximum Gasteiger partial charge on any atom is 0.416 e. The number of carbonyl (C=O) groups is 1. The molecule has 0 spiro atoms. The van der Waals surface area contributed by atoms with Crippen LogP contribution in [0.4, 0.5) is 13.2 Å². The second kappa shape index (κ2) is 10.9. The van der Waals surface area contributed by atoms with Gasteiger partial charge in [-0.2, -0.15) is 13.2 Å². The number of carboxylic acids is 1. The maximum atomic E-state index is 12.7. The van der Waals surface area contributed by atoms with Crippen molar-refractivity contribution in [3.63, 3.8) is 0 Å². The van der Waals surface area contributed by atoms with E-state index in [1.165, 1.54) is 12.1 Å². The largest absolute Gasteiger partial charge is 0.481 e. The van der Waals surface area contributed by atoms with Crippen LogP contribution in [0, 0.1) is 0 Å². The molecule has 154 valence electrons. The molecule has 0 saturated carbocycles. The standard InChI is InChI=1S/C16H23F3N2O2.C2H4O2/c1-11(12-6-5-7-13(8-12)16(17,18)19)21-23-10-14(22)9-20-15(2,3)4;1-2(3)4/h5-8,14,20,22H,9-10H2,1-4H3;1H3,(H,3,4)/b21-11-;. The minimum atomic E-state index is -4.40. The predicted molar refractivity (Wildman–Crippen MR) is 96.7 cm³/mol. The van der Waals surface area contributed by atoms with Gasteiger partial charge < -0.3 is 20.4 Å². The molecular weight excluding hydrogens is 365 g/mol. The molecule has 9 heteroatoms. The van der Waals surface area contributed by atoms with Crippen molar-refractivity contribution < 1.29 is 33.0 Å². The molecule has 0 aliphatic carbocycles. The number of aliphatic carboxylic acids is 1. The molecule has 6 nitrogen and oxygen atoms in total. The van der Waals surface area contributed by atoms with E-state index in [0.717, 1.165) is 19.1 Å². The lowest BCUT2D eigenvalue weighted by atomic mass is 10.1. The number of aliphatic hydroxyl groups excluding tert-OH is 1. The van der Waals surface area contributed by atoms with Crippen LogP contribution in [0.25, 0.3) is 0 Å². The summed E-state index contributed by atoms with van der Waals surface area (Å²) in [6, 6.07) is 4.85. The van der Waals surface area contributed by atoms with Gasteiger partial charge in [0.05, 0.1) is 11.3 Å². The minimum Gasteiger partial charge on any atom is -0.481 e. The Hall–Kier alpha value is -2.13. The van der Waals surface area contributed by atoms with Crippen LogP contribution in [0.3, 0.4) is 0 Å². The summed E-state index contributed by atoms with van der Waals surface area (Å²) in [6.07, 6.45) is -5.15. The molecule has 1 unspecified atom stereocenters. The van der Waals surface area contributed by atoms with Gasteiger partial charge in [0.2, 0.25) is 0 Å². The Labute approximate surface area is 157 Å². The monoisotopic (exact) mass is 392 g/mol. The molecule has 1 rings (SSSR count). The number of halogens is 3. The summed E-state index contributed by atoms with van der Waals surface area (Å²) in [7, 11) is 0. The molecule has 3 N–H and O–H groups in total. The van der Waals surface area contributed by atoms with E-state index in [1.54, 1.807) is 6.92 Å². The lowest BCUT2D eigenvalue weighted by molar-refractivity contribution is -0.137. The number of nitrogens with one attached hydrogen (secondary N) is 1. The molecule has 0 amide bonds. The average molecular weight is 392 g/mol. The van der Waals surface area contributed by atoms with E-state index in [1.807, 2.05) is 20.8 Å². The highest BCUT2D eigenvalue weighted by Crippen LogP contribution is 2.29. The van der Waals surface area contributed by atoms with Gasteiger partial charge in [0, 0.05) is 19.0 Å². The molecule has 0 bridgehead atoms. The van der Waals surface area contributed by atoms with Crippen molar-refractivity contribution >= 4 is 11.7 Å². The zero-order valence-corrected chi connectivity index (χ0v) is 16.1. The fourth-order valence-corrected chi connectivity index (χ4v) is 1.68. The molecule has 27 heavy (non-hydrogen) atoms. The van der Waals surface area contributed by atoms with Gasteiger partial charge in [0.1, 0.15) is 12.7 Å². The lowest BCUT2D eigenvalue weighted by Gasteiger charge is -2.22. The molecule has 0 heterocycles. The number of rotatable bonds is 6. The fraction of sp³-hybridized carbons (Fsp3) is 0.556. The van der Waals surface area contributed by atoms with Crippen LogP contribution in [0.2, 0.25) is 0 Å². The summed E-state index contributed by atoms with van der Waals surface area (Å²) < 4.78 is 38.0. The van der Waals surface area contributed by atoms with Gasteiger partial charge in [-0.3, -0.25) is 4.79 Å². The molecule has 0 aromatic heterocycles. The van der Waals surface area contributed by atoms with Crippen molar-refractivity contribution in [1.29, 1.82) is 0 Å². The smallest absolute Gasteiger partial charge is 0.416 e. The zero-order chi connectivity index (χ0) is 21.3. The first-order chi connectivity index (χ1) is 12.2. The van der Waals surface area contributed by atoms with Crippen LogP contribution in [0.5, 0.6) is 0 Å². The Morgan fingerprint density at radius 3 is 2.30 bits per heavy atom. The van der Waals surface area contributed by atoms with Crippen molar-refractivity contribution in [3.05, 3.63) is 35.4 Å². The maximum absolute atomic E-state index is 12.7. The number of hydrogen-bond acceptors (Lipinski definition) is 5. The van der Waals surface area contributed by atoms with Crippen molar-refractivity contribution in [2.24, 2.45) is 5.16 Å². The predicted octanol–water partition coefficient (Wildman–Crippen LogP) is 3.29. The number of oxime groups is 1. The molecule has 0 radical (unpaired) electrons. The molecule has 1 aromatic rings. The highest BCUT2D eigenvalue weighted by molar-refractivity contribution is 5.98. The number of nitrogens with zero attached hydrogens (tertiary/aromatic N) is 1. The Bertz CT molecular complexity index is 622. The Kier molecular flexibility index (Phi) is 10.0. The summed E-state index contributed by atoms with van der Waals surface area (Å²) in [5.41, 5.74) is -0.230. The normalized spacial score (nSPS) is 13.4. The number of β-amino-alcohol motifs (C(OH)–C–C–N with tert-alkyl or cyclic N) is 1.